The highest BCUT2D eigenvalue weighted by Gasteiger charge is 2.25. The van der Waals surface area contributed by atoms with E-state index in [-0.39, 0.29) is 32.8 Å². The SMILES string of the molecule is CCCCC/C=C\C/C=C\C/C=C\C=C\[C@H](O)CCCC(=O)O[C@H](CO/C=C/CCCCCCCCCCCCCC)COP(=O)(O)OCCN. The summed E-state index contributed by atoms with van der Waals surface area (Å²) in [7, 11) is -4.34. The minimum Gasteiger partial charge on any atom is -0.498 e. The maximum atomic E-state index is 12.5. The Bertz CT molecular complexity index is 981. The van der Waals surface area contributed by atoms with E-state index in [2.05, 4.69) is 38.2 Å². The van der Waals surface area contributed by atoms with Crippen LogP contribution in [0.15, 0.2) is 60.9 Å². The van der Waals surface area contributed by atoms with E-state index in [1.807, 2.05) is 18.2 Å². The summed E-state index contributed by atoms with van der Waals surface area (Å²) in [6.45, 7) is 3.97. The molecule has 0 aliphatic heterocycles. The van der Waals surface area contributed by atoms with Crippen molar-refractivity contribution in [2.24, 2.45) is 5.73 Å². The maximum absolute atomic E-state index is 12.5. The van der Waals surface area contributed by atoms with Crippen LogP contribution in [-0.4, -0.2) is 54.5 Å². The Balaban J connectivity index is 4.36. The number of rotatable bonds is 37. The van der Waals surface area contributed by atoms with Crippen molar-refractivity contribution in [3.63, 3.8) is 0 Å². The molecule has 296 valence electrons. The summed E-state index contributed by atoms with van der Waals surface area (Å²) in [5, 5.41) is 10.3. The Labute approximate surface area is 311 Å². The van der Waals surface area contributed by atoms with Crippen LogP contribution in [0.25, 0.3) is 0 Å². The second kappa shape index (κ2) is 37.7. The van der Waals surface area contributed by atoms with Crippen molar-refractivity contribution in [2.75, 3.05) is 26.4 Å². The standard InChI is InChI=1S/C41H74NO8P/c1-3-5-7-9-11-13-15-17-19-21-23-25-27-29-35-47-37-40(38-49-51(45,46)48-36-34-42)50-41(44)33-30-32-39(43)31-28-26-24-22-20-18-16-14-12-10-8-6-4-2/h12,14,18,20,24,26,28-29,31,35,39-40,43H,3-11,13,15-17,19,21-23,25,27,30,32-34,36-38,42H2,1-2H3,(H,45,46)/b14-12-,20-18-,26-24-,31-28+,35-29+/t39-,40+/m0/s1. The zero-order chi connectivity index (χ0) is 37.5. The summed E-state index contributed by atoms with van der Waals surface area (Å²) in [6.07, 6.45) is 42.1. The third kappa shape index (κ3) is 37.6. The first-order valence-electron chi connectivity index (χ1n) is 19.9. The number of unbranched alkanes of at least 4 members (excludes halogenated alkanes) is 15. The number of aliphatic hydroxyl groups is 1. The van der Waals surface area contributed by atoms with Gasteiger partial charge in [-0.25, -0.2) is 4.57 Å². The fourth-order valence-electron chi connectivity index (χ4n) is 5.12. The smallest absolute Gasteiger partial charge is 0.472 e. The van der Waals surface area contributed by atoms with Crippen molar-refractivity contribution in [1.29, 1.82) is 0 Å². The summed E-state index contributed by atoms with van der Waals surface area (Å²) >= 11 is 0. The number of hydrogen-bond donors (Lipinski definition) is 3. The van der Waals surface area contributed by atoms with Crippen LogP contribution in [0.1, 0.15) is 155 Å². The minimum atomic E-state index is -4.34. The van der Waals surface area contributed by atoms with Crippen molar-refractivity contribution in [2.45, 2.75) is 167 Å². The van der Waals surface area contributed by atoms with Gasteiger partial charge in [0.05, 0.1) is 25.6 Å². The molecule has 0 aliphatic carbocycles. The van der Waals surface area contributed by atoms with Gasteiger partial charge in [0.2, 0.25) is 0 Å². The molecule has 0 aliphatic rings. The molecular weight excluding hydrogens is 665 g/mol. The monoisotopic (exact) mass is 740 g/mol. The summed E-state index contributed by atoms with van der Waals surface area (Å²) in [6, 6.07) is 0. The average molecular weight is 740 g/mol. The molecule has 0 rings (SSSR count). The molecule has 0 spiro atoms. The molecule has 0 radical (unpaired) electrons. The Morgan fingerprint density at radius 2 is 1.27 bits per heavy atom. The van der Waals surface area contributed by atoms with Crippen molar-refractivity contribution in [1.82, 2.24) is 0 Å². The summed E-state index contributed by atoms with van der Waals surface area (Å²) in [5.41, 5.74) is 5.34. The lowest BCUT2D eigenvalue weighted by atomic mass is 10.0. The number of phosphoric acid groups is 1. The van der Waals surface area contributed by atoms with Gasteiger partial charge in [0.25, 0.3) is 0 Å². The zero-order valence-electron chi connectivity index (χ0n) is 32.2. The van der Waals surface area contributed by atoms with Gasteiger partial charge in [-0.15, -0.1) is 0 Å². The Kier molecular flexibility index (Phi) is 36.3. The first-order chi connectivity index (χ1) is 24.8. The van der Waals surface area contributed by atoms with E-state index in [0.29, 0.717) is 12.8 Å². The van der Waals surface area contributed by atoms with Gasteiger partial charge in [-0.1, -0.05) is 146 Å². The topological polar surface area (TPSA) is 138 Å². The lowest BCUT2D eigenvalue weighted by Crippen LogP contribution is -2.28. The number of ether oxygens (including phenoxy) is 2. The lowest BCUT2D eigenvalue weighted by Gasteiger charge is -2.19. The van der Waals surface area contributed by atoms with Crippen molar-refractivity contribution in [3.05, 3.63) is 60.9 Å². The third-order valence-corrected chi connectivity index (χ3v) is 9.09. The Morgan fingerprint density at radius 3 is 1.94 bits per heavy atom. The third-order valence-electron chi connectivity index (χ3n) is 8.11. The number of aliphatic hydroxyl groups excluding tert-OH is 1. The second-order valence-corrected chi connectivity index (χ2v) is 14.5. The highest BCUT2D eigenvalue weighted by atomic mass is 31.2. The lowest BCUT2D eigenvalue weighted by molar-refractivity contribution is -0.153. The molecule has 0 saturated carbocycles. The van der Waals surface area contributed by atoms with Crippen LogP contribution >= 0.6 is 7.82 Å². The van der Waals surface area contributed by atoms with Crippen molar-refractivity contribution in [3.8, 4) is 0 Å². The quantitative estimate of drug-likeness (QED) is 0.0142. The van der Waals surface area contributed by atoms with Crippen LogP contribution in [0.4, 0.5) is 0 Å². The molecule has 9 nitrogen and oxygen atoms in total. The number of carbonyl (C=O) groups excluding carboxylic acids is 1. The van der Waals surface area contributed by atoms with E-state index in [1.54, 1.807) is 18.4 Å². The van der Waals surface area contributed by atoms with Crippen molar-refractivity contribution < 1.29 is 37.9 Å². The van der Waals surface area contributed by atoms with E-state index in [9.17, 15) is 19.4 Å². The maximum Gasteiger partial charge on any atom is 0.472 e. The number of nitrogens with two attached hydrogens (primary N) is 1. The summed E-state index contributed by atoms with van der Waals surface area (Å²) in [4.78, 5) is 22.4. The van der Waals surface area contributed by atoms with Gasteiger partial charge in [-0.2, -0.15) is 0 Å². The molecular formula is C41H74NO8P. The molecule has 1 unspecified atom stereocenters. The molecule has 0 aromatic heterocycles. The van der Waals surface area contributed by atoms with Crippen LogP contribution in [0.3, 0.4) is 0 Å². The van der Waals surface area contributed by atoms with Gasteiger partial charge in [-0.3, -0.25) is 13.8 Å². The first-order valence-corrected chi connectivity index (χ1v) is 21.4. The molecule has 0 aromatic carbocycles. The molecule has 0 fully saturated rings. The fourth-order valence-corrected chi connectivity index (χ4v) is 5.89. The molecule has 0 saturated heterocycles. The fraction of sp³-hybridized carbons (Fsp3) is 0.732. The predicted molar refractivity (Wildman–Crippen MR) is 211 cm³/mol. The molecule has 51 heavy (non-hydrogen) atoms. The van der Waals surface area contributed by atoms with Crippen molar-refractivity contribution >= 4 is 13.8 Å². The summed E-state index contributed by atoms with van der Waals surface area (Å²) < 4.78 is 32.9. The highest BCUT2D eigenvalue weighted by Crippen LogP contribution is 2.43. The van der Waals surface area contributed by atoms with E-state index in [4.69, 9.17) is 24.3 Å². The largest absolute Gasteiger partial charge is 0.498 e. The van der Waals surface area contributed by atoms with Crippen LogP contribution in [0.5, 0.6) is 0 Å². The molecule has 4 N–H and O–H groups in total. The zero-order valence-corrected chi connectivity index (χ0v) is 33.1. The normalized spacial score (nSPS) is 14.8. The van der Waals surface area contributed by atoms with Gasteiger partial charge in [0, 0.05) is 13.0 Å². The van der Waals surface area contributed by atoms with E-state index in [0.717, 1.165) is 32.1 Å². The predicted octanol–water partition coefficient (Wildman–Crippen LogP) is 10.7. The van der Waals surface area contributed by atoms with Crippen LogP contribution in [-0.2, 0) is 27.9 Å². The number of hydrogen-bond acceptors (Lipinski definition) is 8. The number of carbonyl (C=O) groups is 1. The second-order valence-electron chi connectivity index (χ2n) is 13.1. The number of allylic oxidation sites excluding steroid dienone is 8. The van der Waals surface area contributed by atoms with E-state index < -0.39 is 26.0 Å². The Hall–Kier alpha value is -2.00. The van der Waals surface area contributed by atoms with Crippen LogP contribution < -0.4 is 5.73 Å². The molecule has 0 aromatic rings. The average Bonchev–Trinajstić information content (AvgIpc) is 3.11. The van der Waals surface area contributed by atoms with Gasteiger partial charge in [-0.05, 0) is 57.4 Å². The van der Waals surface area contributed by atoms with Gasteiger partial charge in [0.15, 0.2) is 6.10 Å². The molecule has 10 heteroatoms. The summed E-state index contributed by atoms with van der Waals surface area (Å²) in [5.74, 6) is -0.512. The highest BCUT2D eigenvalue weighted by molar-refractivity contribution is 7.47. The van der Waals surface area contributed by atoms with Gasteiger partial charge in [0.1, 0.15) is 6.61 Å². The molecule has 0 amide bonds. The molecule has 3 atom stereocenters. The number of esters is 1. The van der Waals surface area contributed by atoms with E-state index in [1.165, 1.54) is 89.9 Å². The minimum absolute atomic E-state index is 0.0415. The van der Waals surface area contributed by atoms with Crippen LogP contribution in [0, 0.1) is 0 Å². The van der Waals surface area contributed by atoms with Gasteiger partial charge < -0.3 is 25.2 Å². The Morgan fingerprint density at radius 1 is 0.706 bits per heavy atom. The molecule has 0 heterocycles. The number of phosphoric ester groups is 1. The molecule has 0 bridgehead atoms. The first kappa shape index (κ1) is 49.0. The van der Waals surface area contributed by atoms with Crippen LogP contribution in [0.2, 0.25) is 0 Å². The van der Waals surface area contributed by atoms with Gasteiger partial charge >= 0.3 is 13.8 Å². The van der Waals surface area contributed by atoms with E-state index >= 15 is 0 Å².